The maximum atomic E-state index is 10.9. The summed E-state index contributed by atoms with van der Waals surface area (Å²) in [4.78, 5) is 14.8. The van der Waals surface area contributed by atoms with Gasteiger partial charge in [-0.2, -0.15) is 0 Å². The van der Waals surface area contributed by atoms with Crippen molar-refractivity contribution in [1.29, 1.82) is 0 Å². The fourth-order valence-electron chi connectivity index (χ4n) is 1.34. The molecule has 5 nitrogen and oxygen atoms in total. The van der Waals surface area contributed by atoms with E-state index in [-0.39, 0.29) is 11.5 Å². The monoisotopic (exact) mass is 202 g/mol. The van der Waals surface area contributed by atoms with Gasteiger partial charge in [0.15, 0.2) is 5.69 Å². The van der Waals surface area contributed by atoms with E-state index in [4.69, 9.17) is 11.5 Å². The number of nitrogens with two attached hydrogens (primary N) is 2. The van der Waals surface area contributed by atoms with Crippen LogP contribution in [-0.2, 0) is 0 Å². The molecule has 0 aliphatic rings. The van der Waals surface area contributed by atoms with Gasteiger partial charge in [0, 0.05) is 5.69 Å². The van der Waals surface area contributed by atoms with Gasteiger partial charge < -0.3 is 11.5 Å². The largest absolute Gasteiger partial charge is 0.383 e. The first kappa shape index (κ1) is 9.26. The second kappa shape index (κ2) is 3.45. The summed E-state index contributed by atoms with van der Waals surface area (Å²) < 4.78 is 1.61. The van der Waals surface area contributed by atoms with Gasteiger partial charge in [-0.25, -0.2) is 4.98 Å². The van der Waals surface area contributed by atoms with Crippen molar-refractivity contribution in [2.45, 2.75) is 0 Å². The number of hydrogen-bond donors (Lipinski definition) is 2. The smallest absolute Gasteiger partial charge is 0.271 e. The number of benzene rings is 1. The number of hydrogen-bond acceptors (Lipinski definition) is 3. The Hall–Kier alpha value is -2.30. The van der Waals surface area contributed by atoms with Crippen LogP contribution in [0.4, 0.5) is 5.82 Å². The summed E-state index contributed by atoms with van der Waals surface area (Å²) in [7, 11) is 0. The Morgan fingerprint density at radius 2 is 1.93 bits per heavy atom. The molecule has 2 aromatic rings. The zero-order chi connectivity index (χ0) is 10.8. The third kappa shape index (κ3) is 1.54. The van der Waals surface area contributed by atoms with E-state index in [1.165, 1.54) is 6.33 Å². The first-order chi connectivity index (χ1) is 7.20. The van der Waals surface area contributed by atoms with E-state index in [1.54, 1.807) is 4.57 Å². The van der Waals surface area contributed by atoms with Crippen molar-refractivity contribution in [2.24, 2.45) is 5.73 Å². The molecule has 4 N–H and O–H groups in total. The molecule has 0 aliphatic carbocycles. The van der Waals surface area contributed by atoms with Crippen LogP contribution < -0.4 is 11.5 Å². The predicted octanol–water partition coefficient (Wildman–Crippen LogP) is 0.553. The highest BCUT2D eigenvalue weighted by Crippen LogP contribution is 2.15. The molecule has 1 amide bonds. The lowest BCUT2D eigenvalue weighted by molar-refractivity contribution is 0.0997. The minimum absolute atomic E-state index is 0.0962. The average Bonchev–Trinajstić information content (AvgIpc) is 2.61. The molecule has 0 saturated heterocycles. The maximum absolute atomic E-state index is 10.9. The van der Waals surface area contributed by atoms with Gasteiger partial charge in [-0.3, -0.25) is 9.36 Å². The summed E-state index contributed by atoms with van der Waals surface area (Å²) in [6.07, 6.45) is 1.48. The Labute approximate surface area is 86.3 Å². The lowest BCUT2D eigenvalue weighted by Gasteiger charge is -2.03. The fourth-order valence-corrected chi connectivity index (χ4v) is 1.34. The summed E-state index contributed by atoms with van der Waals surface area (Å²) in [5.41, 5.74) is 11.8. The number of nitrogens with zero attached hydrogens (tertiary/aromatic N) is 2. The number of amides is 1. The molecule has 1 aromatic carbocycles. The number of imidazole rings is 1. The molecule has 1 heterocycles. The minimum atomic E-state index is -0.623. The average molecular weight is 202 g/mol. The van der Waals surface area contributed by atoms with Crippen molar-refractivity contribution in [3.05, 3.63) is 42.4 Å². The van der Waals surface area contributed by atoms with E-state index in [0.29, 0.717) is 0 Å². The van der Waals surface area contributed by atoms with E-state index in [2.05, 4.69) is 4.98 Å². The number of para-hydroxylation sites is 1. The number of anilines is 1. The molecule has 15 heavy (non-hydrogen) atoms. The van der Waals surface area contributed by atoms with Crippen LogP contribution in [0.15, 0.2) is 36.7 Å². The first-order valence-electron chi connectivity index (χ1n) is 4.38. The van der Waals surface area contributed by atoms with E-state index in [0.717, 1.165) is 5.69 Å². The zero-order valence-electron chi connectivity index (χ0n) is 7.92. The van der Waals surface area contributed by atoms with Gasteiger partial charge in [0.05, 0.1) is 0 Å². The van der Waals surface area contributed by atoms with Crippen molar-refractivity contribution in [2.75, 3.05) is 5.73 Å². The van der Waals surface area contributed by atoms with Crippen molar-refractivity contribution in [3.8, 4) is 5.69 Å². The predicted molar refractivity (Wildman–Crippen MR) is 56.5 cm³/mol. The van der Waals surface area contributed by atoms with Gasteiger partial charge in [0.1, 0.15) is 12.1 Å². The number of carbonyl (C=O) groups excluding carboxylic acids is 1. The van der Waals surface area contributed by atoms with Gasteiger partial charge in [-0.05, 0) is 12.1 Å². The molecule has 2 rings (SSSR count). The molecule has 0 atom stereocenters. The maximum Gasteiger partial charge on any atom is 0.271 e. The summed E-state index contributed by atoms with van der Waals surface area (Å²) >= 11 is 0. The van der Waals surface area contributed by atoms with Crippen LogP contribution in [0.2, 0.25) is 0 Å². The van der Waals surface area contributed by atoms with Gasteiger partial charge in [0.2, 0.25) is 0 Å². The summed E-state index contributed by atoms with van der Waals surface area (Å²) in [6.45, 7) is 0. The highest BCUT2D eigenvalue weighted by atomic mass is 16.1. The third-order valence-corrected chi connectivity index (χ3v) is 2.07. The standard InChI is InChI=1S/C10H10N4O/c11-9-8(10(12)15)13-6-14(9)7-4-2-1-3-5-7/h1-6H,11H2,(H2,12,15). The summed E-state index contributed by atoms with van der Waals surface area (Å²) in [5.74, 6) is -0.365. The lowest BCUT2D eigenvalue weighted by atomic mass is 10.3. The SMILES string of the molecule is NC(=O)c1ncn(-c2ccccc2)c1N. The second-order valence-corrected chi connectivity index (χ2v) is 3.05. The van der Waals surface area contributed by atoms with Gasteiger partial charge in [-0.1, -0.05) is 18.2 Å². The highest BCUT2D eigenvalue weighted by molar-refractivity contribution is 5.95. The molecular weight excluding hydrogens is 192 g/mol. The Bertz CT molecular complexity index is 489. The Morgan fingerprint density at radius 1 is 1.27 bits per heavy atom. The van der Waals surface area contributed by atoms with Gasteiger partial charge >= 0.3 is 0 Å². The minimum Gasteiger partial charge on any atom is -0.383 e. The molecule has 0 radical (unpaired) electrons. The molecule has 0 saturated carbocycles. The van der Waals surface area contributed by atoms with Crippen LogP contribution in [0.1, 0.15) is 10.5 Å². The first-order valence-corrected chi connectivity index (χ1v) is 4.38. The normalized spacial score (nSPS) is 10.1. The Morgan fingerprint density at radius 3 is 2.47 bits per heavy atom. The van der Waals surface area contributed by atoms with E-state index in [1.807, 2.05) is 30.3 Å². The van der Waals surface area contributed by atoms with E-state index >= 15 is 0 Å². The van der Waals surface area contributed by atoms with Crippen molar-refractivity contribution in [3.63, 3.8) is 0 Å². The molecule has 0 unspecified atom stereocenters. The zero-order valence-corrected chi connectivity index (χ0v) is 7.92. The number of carbonyl (C=O) groups is 1. The molecule has 0 bridgehead atoms. The van der Waals surface area contributed by atoms with Crippen molar-refractivity contribution in [1.82, 2.24) is 9.55 Å². The summed E-state index contributed by atoms with van der Waals surface area (Å²) in [6, 6.07) is 9.37. The van der Waals surface area contributed by atoms with Crippen LogP contribution in [0.3, 0.4) is 0 Å². The van der Waals surface area contributed by atoms with Crippen LogP contribution in [0.25, 0.3) is 5.69 Å². The molecule has 0 spiro atoms. The number of rotatable bonds is 2. The highest BCUT2D eigenvalue weighted by Gasteiger charge is 2.12. The Kier molecular flexibility index (Phi) is 2.13. The third-order valence-electron chi connectivity index (χ3n) is 2.07. The quantitative estimate of drug-likeness (QED) is 0.745. The van der Waals surface area contributed by atoms with Crippen LogP contribution in [-0.4, -0.2) is 15.5 Å². The summed E-state index contributed by atoms with van der Waals surface area (Å²) in [5, 5.41) is 0. The van der Waals surface area contributed by atoms with Gasteiger partial charge in [-0.15, -0.1) is 0 Å². The number of primary amides is 1. The van der Waals surface area contributed by atoms with Crippen LogP contribution >= 0.6 is 0 Å². The molecule has 1 aromatic heterocycles. The van der Waals surface area contributed by atoms with Crippen molar-refractivity contribution < 1.29 is 4.79 Å². The fraction of sp³-hybridized carbons (Fsp3) is 0. The molecule has 0 fully saturated rings. The number of aromatic nitrogens is 2. The lowest BCUT2D eigenvalue weighted by Crippen LogP contribution is -2.14. The van der Waals surface area contributed by atoms with Crippen LogP contribution in [0.5, 0.6) is 0 Å². The van der Waals surface area contributed by atoms with E-state index in [9.17, 15) is 4.79 Å². The van der Waals surface area contributed by atoms with Gasteiger partial charge in [0.25, 0.3) is 5.91 Å². The molecule has 76 valence electrons. The van der Waals surface area contributed by atoms with E-state index < -0.39 is 5.91 Å². The molecule has 0 aliphatic heterocycles. The van der Waals surface area contributed by atoms with Crippen molar-refractivity contribution >= 4 is 11.7 Å². The Balaban J connectivity index is 2.52. The molecular formula is C10H10N4O. The molecule has 5 heteroatoms. The number of nitrogen functional groups attached to an aromatic ring is 1. The topological polar surface area (TPSA) is 86.9 Å². The van der Waals surface area contributed by atoms with Crippen LogP contribution in [0, 0.1) is 0 Å². The second-order valence-electron chi connectivity index (χ2n) is 3.05.